The van der Waals surface area contributed by atoms with Crippen molar-refractivity contribution in [2.24, 2.45) is 0 Å². The van der Waals surface area contributed by atoms with Gasteiger partial charge in [-0.1, -0.05) is 34.8 Å². The molecule has 1 nitrogen and oxygen atoms in total. The van der Waals surface area contributed by atoms with E-state index in [0.29, 0.717) is 15.1 Å². The summed E-state index contributed by atoms with van der Waals surface area (Å²) in [6.07, 6.45) is 2.49. The van der Waals surface area contributed by atoms with Crippen molar-refractivity contribution in [1.29, 1.82) is 0 Å². The van der Waals surface area contributed by atoms with Crippen LogP contribution in [0, 0.1) is 0 Å². The molecule has 0 radical (unpaired) electrons. The third-order valence-corrected chi connectivity index (χ3v) is 3.02. The van der Waals surface area contributed by atoms with Gasteiger partial charge in [-0.05, 0) is 37.0 Å². The average Bonchev–Trinajstić information content (AvgIpc) is 2.14. The third kappa shape index (κ3) is 3.32. The van der Waals surface area contributed by atoms with E-state index in [9.17, 15) is 0 Å². The van der Waals surface area contributed by atoms with E-state index in [0.717, 1.165) is 24.8 Å². The molecule has 0 bridgehead atoms. The van der Waals surface area contributed by atoms with Gasteiger partial charge in [0.2, 0.25) is 0 Å². The number of rotatable bonds is 4. The molecule has 0 unspecified atom stereocenters. The molecule has 0 atom stereocenters. The van der Waals surface area contributed by atoms with Gasteiger partial charge in [-0.25, -0.2) is 0 Å². The number of aliphatic hydroxyl groups excluding tert-OH is 1. The Labute approximate surface area is 98.6 Å². The van der Waals surface area contributed by atoms with Crippen molar-refractivity contribution >= 4 is 34.8 Å². The van der Waals surface area contributed by atoms with E-state index in [1.54, 1.807) is 12.1 Å². The van der Waals surface area contributed by atoms with Crippen LogP contribution in [-0.2, 0) is 6.42 Å². The van der Waals surface area contributed by atoms with Gasteiger partial charge in [0.25, 0.3) is 0 Å². The minimum absolute atomic E-state index is 0.207. The topological polar surface area (TPSA) is 20.2 Å². The highest BCUT2D eigenvalue weighted by Gasteiger charge is 2.05. The summed E-state index contributed by atoms with van der Waals surface area (Å²) < 4.78 is 0. The fraction of sp³-hybridized carbons (Fsp3) is 0.400. The number of hydrogen-bond acceptors (Lipinski definition) is 1. The highest BCUT2D eigenvalue weighted by molar-refractivity contribution is 6.43. The minimum Gasteiger partial charge on any atom is -0.396 e. The number of halogens is 3. The van der Waals surface area contributed by atoms with Crippen LogP contribution in [0.15, 0.2) is 12.1 Å². The minimum atomic E-state index is 0.207. The van der Waals surface area contributed by atoms with Gasteiger partial charge in [-0.2, -0.15) is 0 Å². The van der Waals surface area contributed by atoms with Gasteiger partial charge in [-0.3, -0.25) is 0 Å². The van der Waals surface area contributed by atoms with E-state index in [1.807, 2.05) is 0 Å². The average molecular weight is 254 g/mol. The predicted molar refractivity (Wildman–Crippen MR) is 61.5 cm³/mol. The number of hydrogen-bond donors (Lipinski definition) is 1. The Balaban J connectivity index is 2.72. The Morgan fingerprint density at radius 1 is 0.929 bits per heavy atom. The molecular formula is C10H11Cl3O. The lowest BCUT2D eigenvalue weighted by Gasteiger charge is -2.05. The van der Waals surface area contributed by atoms with Crippen LogP contribution in [0.2, 0.25) is 15.1 Å². The van der Waals surface area contributed by atoms with Crippen molar-refractivity contribution in [1.82, 2.24) is 0 Å². The maximum Gasteiger partial charge on any atom is 0.0607 e. The first-order valence-corrected chi connectivity index (χ1v) is 5.53. The zero-order chi connectivity index (χ0) is 10.6. The Kier molecular flexibility index (Phi) is 5.04. The molecule has 0 aliphatic carbocycles. The van der Waals surface area contributed by atoms with E-state index in [2.05, 4.69) is 0 Å². The van der Waals surface area contributed by atoms with Crippen molar-refractivity contribution in [2.45, 2.75) is 19.3 Å². The maximum atomic E-state index is 8.63. The predicted octanol–water partition coefficient (Wildman–Crippen LogP) is 3.96. The molecule has 0 amide bonds. The summed E-state index contributed by atoms with van der Waals surface area (Å²) in [7, 11) is 0. The van der Waals surface area contributed by atoms with Crippen molar-refractivity contribution < 1.29 is 5.11 Å². The first-order chi connectivity index (χ1) is 6.65. The molecule has 0 fully saturated rings. The molecule has 1 aromatic rings. The largest absolute Gasteiger partial charge is 0.396 e. The van der Waals surface area contributed by atoms with E-state index < -0.39 is 0 Å². The summed E-state index contributed by atoms with van der Waals surface area (Å²) in [5.74, 6) is 0. The zero-order valence-corrected chi connectivity index (χ0v) is 9.83. The second-order valence-corrected chi connectivity index (χ2v) is 4.26. The molecule has 14 heavy (non-hydrogen) atoms. The van der Waals surface area contributed by atoms with Gasteiger partial charge in [0.1, 0.15) is 0 Å². The van der Waals surface area contributed by atoms with Crippen LogP contribution in [0.4, 0.5) is 0 Å². The van der Waals surface area contributed by atoms with Gasteiger partial charge in [0.05, 0.1) is 10.0 Å². The lowest BCUT2D eigenvalue weighted by molar-refractivity contribution is 0.284. The molecule has 1 N–H and O–H groups in total. The molecule has 0 aromatic heterocycles. The third-order valence-electron chi connectivity index (χ3n) is 1.94. The molecule has 0 saturated heterocycles. The fourth-order valence-corrected chi connectivity index (χ4v) is 1.85. The van der Waals surface area contributed by atoms with E-state index in [4.69, 9.17) is 39.9 Å². The van der Waals surface area contributed by atoms with Crippen molar-refractivity contribution in [3.8, 4) is 0 Å². The standard InChI is InChI=1S/C10H11Cl3O/c11-8-6-10(13)9(12)5-7(8)3-1-2-4-14/h5-6,14H,1-4H2. The molecule has 0 aliphatic heterocycles. The summed E-state index contributed by atoms with van der Waals surface area (Å²) in [6, 6.07) is 3.43. The van der Waals surface area contributed by atoms with Gasteiger partial charge in [0, 0.05) is 11.6 Å². The molecular weight excluding hydrogens is 242 g/mol. The normalized spacial score (nSPS) is 10.6. The number of unbranched alkanes of at least 4 members (excludes halogenated alkanes) is 1. The number of aliphatic hydroxyl groups is 1. The molecule has 0 aliphatic rings. The summed E-state index contributed by atoms with van der Waals surface area (Å²) in [5.41, 5.74) is 0.981. The quantitative estimate of drug-likeness (QED) is 0.636. The van der Waals surface area contributed by atoms with Crippen LogP contribution in [-0.4, -0.2) is 11.7 Å². The van der Waals surface area contributed by atoms with Crippen LogP contribution < -0.4 is 0 Å². The second kappa shape index (κ2) is 5.82. The summed E-state index contributed by atoms with van der Waals surface area (Å²) >= 11 is 17.6. The van der Waals surface area contributed by atoms with Crippen molar-refractivity contribution in [3.63, 3.8) is 0 Å². The molecule has 0 spiro atoms. The Morgan fingerprint density at radius 2 is 1.57 bits per heavy atom. The highest BCUT2D eigenvalue weighted by Crippen LogP contribution is 2.29. The molecule has 4 heteroatoms. The SMILES string of the molecule is OCCCCc1cc(Cl)c(Cl)cc1Cl. The van der Waals surface area contributed by atoms with Crippen molar-refractivity contribution in [3.05, 3.63) is 32.8 Å². The van der Waals surface area contributed by atoms with Crippen molar-refractivity contribution in [2.75, 3.05) is 6.61 Å². The molecule has 1 rings (SSSR count). The first kappa shape index (κ1) is 12.1. The maximum absolute atomic E-state index is 8.63. The lowest BCUT2D eigenvalue weighted by atomic mass is 10.1. The van der Waals surface area contributed by atoms with Crippen LogP contribution >= 0.6 is 34.8 Å². The monoisotopic (exact) mass is 252 g/mol. The van der Waals surface area contributed by atoms with Gasteiger partial charge >= 0.3 is 0 Å². The molecule has 0 heterocycles. The second-order valence-electron chi connectivity index (χ2n) is 3.04. The smallest absolute Gasteiger partial charge is 0.0607 e. The van der Waals surface area contributed by atoms with Gasteiger partial charge in [-0.15, -0.1) is 0 Å². The summed E-state index contributed by atoms with van der Waals surface area (Å²) in [6.45, 7) is 0.207. The van der Waals surface area contributed by atoms with E-state index >= 15 is 0 Å². The van der Waals surface area contributed by atoms with Crippen LogP contribution in [0.25, 0.3) is 0 Å². The lowest BCUT2D eigenvalue weighted by Crippen LogP contribution is -1.90. The molecule has 78 valence electrons. The Bertz CT molecular complexity index is 312. The zero-order valence-electron chi connectivity index (χ0n) is 7.56. The molecule has 0 saturated carbocycles. The van der Waals surface area contributed by atoms with Gasteiger partial charge in [0.15, 0.2) is 0 Å². The Morgan fingerprint density at radius 3 is 2.21 bits per heavy atom. The fourth-order valence-electron chi connectivity index (χ4n) is 1.18. The Hall–Kier alpha value is 0.0500. The van der Waals surface area contributed by atoms with E-state index in [1.165, 1.54) is 0 Å². The van der Waals surface area contributed by atoms with Crippen LogP contribution in [0.1, 0.15) is 18.4 Å². The van der Waals surface area contributed by atoms with Crippen LogP contribution in [0.3, 0.4) is 0 Å². The number of aryl methyl sites for hydroxylation is 1. The first-order valence-electron chi connectivity index (χ1n) is 4.39. The van der Waals surface area contributed by atoms with Crippen LogP contribution in [0.5, 0.6) is 0 Å². The van der Waals surface area contributed by atoms with E-state index in [-0.39, 0.29) is 6.61 Å². The van der Waals surface area contributed by atoms with Gasteiger partial charge < -0.3 is 5.11 Å². The summed E-state index contributed by atoms with van der Waals surface area (Å²) in [5, 5.41) is 10.3. The molecule has 1 aromatic carbocycles. The number of benzene rings is 1. The highest BCUT2D eigenvalue weighted by atomic mass is 35.5. The summed E-state index contributed by atoms with van der Waals surface area (Å²) in [4.78, 5) is 0.